The van der Waals surface area contributed by atoms with Crippen LogP contribution in [0.4, 0.5) is 5.69 Å². The van der Waals surface area contributed by atoms with Crippen molar-refractivity contribution in [3.05, 3.63) is 94.5 Å². The number of aromatic hydroxyl groups is 1. The summed E-state index contributed by atoms with van der Waals surface area (Å²) < 4.78 is 0. The number of H-pyrrole nitrogens is 1. The second kappa shape index (κ2) is 11.4. The molecule has 0 bridgehead atoms. The van der Waals surface area contributed by atoms with Gasteiger partial charge in [0.1, 0.15) is 0 Å². The van der Waals surface area contributed by atoms with Gasteiger partial charge < -0.3 is 19.9 Å². The van der Waals surface area contributed by atoms with Crippen molar-refractivity contribution in [3.8, 4) is 5.88 Å². The Labute approximate surface area is 216 Å². The summed E-state index contributed by atoms with van der Waals surface area (Å²) in [6.45, 7) is 1.69. The lowest BCUT2D eigenvalue weighted by Gasteiger charge is -2.18. The number of nitrogens with zero attached hydrogens (tertiary/aromatic N) is 3. The number of aromatic nitrogens is 1. The van der Waals surface area contributed by atoms with Gasteiger partial charge >= 0.3 is 0 Å². The van der Waals surface area contributed by atoms with Gasteiger partial charge in [-0.1, -0.05) is 60.1 Å². The molecule has 1 heterocycles. The topological polar surface area (TPSA) is 71.9 Å². The number of fused-ring (bicyclic) bond motifs is 1. The molecule has 0 unspecified atom stereocenters. The summed E-state index contributed by atoms with van der Waals surface area (Å²) >= 11 is 6.15. The Kier molecular flexibility index (Phi) is 8.08. The first-order valence-electron chi connectivity index (χ1n) is 11.9. The SMILES string of the molecule is CN(C)CCCN(C)C(=O)Cc1ccc(N=C(c2ccccc2)c2c(O)[nH]c3cc(Cl)ccc23)cc1. The number of halogens is 1. The second-order valence-electron chi connectivity index (χ2n) is 9.18. The van der Waals surface area contributed by atoms with E-state index in [9.17, 15) is 9.90 Å². The van der Waals surface area contributed by atoms with Crippen LogP contribution in [0.2, 0.25) is 5.02 Å². The molecule has 0 aliphatic heterocycles. The van der Waals surface area contributed by atoms with E-state index in [2.05, 4.69) is 9.88 Å². The van der Waals surface area contributed by atoms with E-state index in [4.69, 9.17) is 16.6 Å². The lowest BCUT2D eigenvalue weighted by Crippen LogP contribution is -2.30. The maximum atomic E-state index is 12.6. The van der Waals surface area contributed by atoms with Crippen molar-refractivity contribution in [2.75, 3.05) is 34.2 Å². The van der Waals surface area contributed by atoms with Crippen LogP contribution in [0.25, 0.3) is 10.9 Å². The fourth-order valence-corrected chi connectivity index (χ4v) is 4.30. The van der Waals surface area contributed by atoms with Gasteiger partial charge in [-0.2, -0.15) is 0 Å². The van der Waals surface area contributed by atoms with E-state index in [1.165, 1.54) is 0 Å². The standard InChI is InChI=1S/C29H31ClN4O2/c1-33(2)16-7-17-34(3)26(35)18-20-10-13-23(14-11-20)31-28(21-8-5-4-6-9-21)27-24-15-12-22(30)19-25(24)32-29(27)36/h4-6,8-15,19,32,36H,7,16-18H2,1-3H3. The van der Waals surface area contributed by atoms with E-state index >= 15 is 0 Å². The Morgan fingerprint density at radius 3 is 2.39 bits per heavy atom. The van der Waals surface area contributed by atoms with Gasteiger partial charge in [0.05, 0.1) is 28.9 Å². The van der Waals surface area contributed by atoms with Crippen LogP contribution in [0.5, 0.6) is 5.88 Å². The summed E-state index contributed by atoms with van der Waals surface area (Å²) in [6, 6.07) is 22.9. The average molecular weight is 503 g/mol. The molecule has 36 heavy (non-hydrogen) atoms. The number of aromatic amines is 1. The highest BCUT2D eigenvalue weighted by atomic mass is 35.5. The number of carbonyl (C=O) groups is 1. The molecular weight excluding hydrogens is 472 g/mol. The molecule has 7 heteroatoms. The molecule has 1 amide bonds. The molecule has 4 rings (SSSR count). The normalized spacial score (nSPS) is 11.9. The van der Waals surface area contributed by atoms with Gasteiger partial charge in [-0.05, 0) is 56.9 Å². The van der Waals surface area contributed by atoms with E-state index in [0.29, 0.717) is 22.7 Å². The third kappa shape index (κ3) is 6.14. The molecule has 4 aromatic rings. The molecule has 6 nitrogen and oxygen atoms in total. The zero-order chi connectivity index (χ0) is 25.7. The van der Waals surface area contributed by atoms with Gasteiger partial charge in [-0.15, -0.1) is 0 Å². The van der Waals surface area contributed by atoms with E-state index in [-0.39, 0.29) is 11.8 Å². The first-order chi connectivity index (χ1) is 17.3. The van der Waals surface area contributed by atoms with Crippen molar-refractivity contribution >= 4 is 39.8 Å². The molecular formula is C29H31ClN4O2. The number of hydrogen-bond acceptors (Lipinski definition) is 4. The fraction of sp³-hybridized carbons (Fsp3) is 0.241. The predicted molar refractivity (Wildman–Crippen MR) is 148 cm³/mol. The lowest BCUT2D eigenvalue weighted by molar-refractivity contribution is -0.129. The Balaban J connectivity index is 1.60. The average Bonchev–Trinajstić information content (AvgIpc) is 3.18. The maximum absolute atomic E-state index is 12.6. The zero-order valence-electron chi connectivity index (χ0n) is 20.8. The minimum Gasteiger partial charge on any atom is -0.494 e. The highest BCUT2D eigenvalue weighted by Gasteiger charge is 2.19. The molecule has 0 radical (unpaired) electrons. The van der Waals surface area contributed by atoms with Crippen molar-refractivity contribution in [2.24, 2.45) is 4.99 Å². The van der Waals surface area contributed by atoms with Crippen LogP contribution in [0, 0.1) is 0 Å². The number of benzene rings is 3. The summed E-state index contributed by atoms with van der Waals surface area (Å²) in [6.07, 6.45) is 1.29. The number of aliphatic imine (C=N–C) groups is 1. The van der Waals surface area contributed by atoms with Crippen molar-refractivity contribution in [1.29, 1.82) is 0 Å². The predicted octanol–water partition coefficient (Wildman–Crippen LogP) is 5.65. The quantitative estimate of drug-likeness (QED) is 0.290. The highest BCUT2D eigenvalue weighted by molar-refractivity contribution is 6.31. The van der Waals surface area contributed by atoms with Gasteiger partial charge in [0, 0.05) is 29.6 Å². The molecule has 3 aromatic carbocycles. The number of nitrogens with one attached hydrogen (secondary N) is 1. The van der Waals surface area contributed by atoms with Crippen LogP contribution in [0.1, 0.15) is 23.1 Å². The summed E-state index contributed by atoms with van der Waals surface area (Å²) in [4.78, 5) is 24.5. The van der Waals surface area contributed by atoms with E-state index in [1.807, 2.05) is 81.8 Å². The number of likely N-dealkylation sites (N-methyl/N-ethyl adjacent to an activating group) is 1. The molecule has 1 aromatic heterocycles. The largest absolute Gasteiger partial charge is 0.494 e. The van der Waals surface area contributed by atoms with E-state index in [0.717, 1.165) is 47.2 Å². The van der Waals surface area contributed by atoms with Crippen LogP contribution < -0.4 is 0 Å². The molecule has 0 aliphatic rings. The van der Waals surface area contributed by atoms with Crippen molar-refractivity contribution in [3.63, 3.8) is 0 Å². The second-order valence-corrected chi connectivity index (χ2v) is 9.62. The summed E-state index contributed by atoms with van der Waals surface area (Å²) in [5, 5.41) is 12.2. The maximum Gasteiger partial charge on any atom is 0.226 e. The number of carbonyl (C=O) groups excluding carboxylic acids is 1. The molecule has 0 saturated carbocycles. The van der Waals surface area contributed by atoms with Crippen LogP contribution in [-0.2, 0) is 11.2 Å². The molecule has 0 atom stereocenters. The first kappa shape index (κ1) is 25.5. The van der Waals surface area contributed by atoms with Crippen molar-refractivity contribution in [2.45, 2.75) is 12.8 Å². The van der Waals surface area contributed by atoms with Gasteiger partial charge in [0.25, 0.3) is 0 Å². The van der Waals surface area contributed by atoms with E-state index in [1.54, 1.807) is 17.0 Å². The summed E-state index contributed by atoms with van der Waals surface area (Å²) in [5.74, 6) is 0.131. The first-order valence-corrected chi connectivity index (χ1v) is 12.3. The Bertz CT molecular complexity index is 1360. The minimum absolute atomic E-state index is 0.0365. The van der Waals surface area contributed by atoms with Crippen LogP contribution in [0.3, 0.4) is 0 Å². The smallest absolute Gasteiger partial charge is 0.226 e. The third-order valence-corrected chi connectivity index (χ3v) is 6.32. The fourth-order valence-electron chi connectivity index (χ4n) is 4.13. The third-order valence-electron chi connectivity index (χ3n) is 6.08. The van der Waals surface area contributed by atoms with Gasteiger partial charge in [-0.3, -0.25) is 4.79 Å². The molecule has 0 spiro atoms. The monoisotopic (exact) mass is 502 g/mol. The zero-order valence-corrected chi connectivity index (χ0v) is 21.6. The number of hydrogen-bond donors (Lipinski definition) is 2. The van der Waals surface area contributed by atoms with Crippen LogP contribution in [0.15, 0.2) is 77.8 Å². The van der Waals surface area contributed by atoms with Crippen molar-refractivity contribution in [1.82, 2.24) is 14.8 Å². The summed E-state index contributed by atoms with van der Waals surface area (Å²) in [7, 11) is 5.92. The van der Waals surface area contributed by atoms with Crippen LogP contribution in [-0.4, -0.2) is 65.7 Å². The van der Waals surface area contributed by atoms with Gasteiger partial charge in [-0.25, -0.2) is 4.99 Å². The highest BCUT2D eigenvalue weighted by Crippen LogP contribution is 2.32. The molecule has 0 aliphatic carbocycles. The van der Waals surface area contributed by atoms with Gasteiger partial charge in [0.15, 0.2) is 5.88 Å². The molecule has 0 fully saturated rings. The van der Waals surface area contributed by atoms with Gasteiger partial charge in [0.2, 0.25) is 5.91 Å². The Morgan fingerprint density at radius 1 is 0.972 bits per heavy atom. The Hall–Kier alpha value is -3.61. The van der Waals surface area contributed by atoms with Crippen molar-refractivity contribution < 1.29 is 9.90 Å². The number of rotatable bonds is 9. The number of amides is 1. The Morgan fingerprint density at radius 2 is 1.69 bits per heavy atom. The lowest BCUT2D eigenvalue weighted by atomic mass is 10.0. The molecule has 2 N–H and O–H groups in total. The molecule has 0 saturated heterocycles. The van der Waals surface area contributed by atoms with E-state index < -0.39 is 0 Å². The molecule has 186 valence electrons. The van der Waals surface area contributed by atoms with Crippen LogP contribution >= 0.6 is 11.6 Å². The minimum atomic E-state index is 0.0365. The summed E-state index contributed by atoms with van der Waals surface area (Å²) in [5.41, 5.74) is 4.54.